The fourth-order valence-electron chi connectivity index (χ4n) is 3.54. The largest absolute Gasteiger partial charge is 0.472 e. The first-order chi connectivity index (χ1) is 13.5. The van der Waals surface area contributed by atoms with Crippen LogP contribution in [0.15, 0.2) is 0 Å². The highest BCUT2D eigenvalue weighted by molar-refractivity contribution is 7.47. The van der Waals surface area contributed by atoms with Gasteiger partial charge >= 0.3 is 7.82 Å². The highest BCUT2D eigenvalue weighted by atomic mass is 31.2. The zero-order valence-corrected chi connectivity index (χ0v) is 19.3. The number of hydrogen-bond donors (Lipinski definition) is 1. The van der Waals surface area contributed by atoms with Gasteiger partial charge in [0.05, 0.1) is 26.9 Å². The van der Waals surface area contributed by atoms with E-state index in [2.05, 4.69) is 14.0 Å². The molecule has 1 fully saturated rings. The molecule has 0 saturated carbocycles. The molecule has 1 aliphatic heterocycles. The third kappa shape index (κ3) is 14.1. The van der Waals surface area contributed by atoms with E-state index in [9.17, 15) is 9.46 Å². The van der Waals surface area contributed by atoms with Crippen LogP contribution in [-0.2, 0) is 18.3 Å². The van der Waals surface area contributed by atoms with E-state index >= 15 is 0 Å². The monoisotopic (exact) mass is 422 g/mol. The van der Waals surface area contributed by atoms with E-state index in [0.717, 1.165) is 43.6 Å². The molecule has 0 aromatic carbocycles. The van der Waals surface area contributed by atoms with Crippen molar-refractivity contribution in [3.8, 4) is 0 Å². The van der Waals surface area contributed by atoms with Crippen molar-refractivity contribution < 1.29 is 27.7 Å². The van der Waals surface area contributed by atoms with Crippen LogP contribution in [0.5, 0.6) is 0 Å². The van der Waals surface area contributed by atoms with Gasteiger partial charge in [-0.15, -0.1) is 0 Å². The third-order valence-electron chi connectivity index (χ3n) is 5.69. The summed E-state index contributed by atoms with van der Waals surface area (Å²) in [4.78, 5) is 9.78. The van der Waals surface area contributed by atoms with Gasteiger partial charge in [0.15, 0.2) is 0 Å². The molecular weight excluding hydrogens is 377 g/mol. The van der Waals surface area contributed by atoms with E-state index in [1.165, 1.54) is 64.2 Å². The van der Waals surface area contributed by atoms with Gasteiger partial charge in [-0.2, -0.15) is 0 Å². The Kier molecular flexibility index (Phi) is 14.7. The minimum atomic E-state index is -3.91. The number of rotatable bonds is 18. The lowest BCUT2D eigenvalue weighted by Gasteiger charge is -2.37. The van der Waals surface area contributed by atoms with Gasteiger partial charge in [0, 0.05) is 0 Å². The smallest absolute Gasteiger partial charge is 0.370 e. The SMILES string of the molecule is CCCCCCCCCCCCCCOP(=O)(O)OCC[N+]1(C)CCOCC1. The first-order valence-corrected chi connectivity index (χ1v) is 13.0. The van der Waals surface area contributed by atoms with Gasteiger partial charge in [-0.3, -0.25) is 9.05 Å². The summed E-state index contributed by atoms with van der Waals surface area (Å²) in [6.45, 7) is 6.80. The van der Waals surface area contributed by atoms with Crippen molar-refractivity contribution in [1.29, 1.82) is 0 Å². The zero-order chi connectivity index (χ0) is 20.6. The van der Waals surface area contributed by atoms with Gasteiger partial charge in [-0.1, -0.05) is 77.6 Å². The van der Waals surface area contributed by atoms with E-state index in [1.54, 1.807) is 0 Å². The number of phosphoric ester groups is 1. The molecule has 6 nitrogen and oxygen atoms in total. The molecule has 0 aliphatic carbocycles. The Labute approximate surface area is 173 Å². The van der Waals surface area contributed by atoms with Crippen molar-refractivity contribution in [2.45, 2.75) is 84.0 Å². The second-order valence-corrected chi connectivity index (χ2v) is 9.88. The maximum atomic E-state index is 11.9. The first kappa shape index (κ1) is 26.1. The van der Waals surface area contributed by atoms with Crippen molar-refractivity contribution in [2.75, 3.05) is 53.1 Å². The summed E-state index contributed by atoms with van der Waals surface area (Å²) in [6.07, 6.45) is 15.2. The van der Waals surface area contributed by atoms with E-state index in [-0.39, 0.29) is 6.61 Å². The van der Waals surface area contributed by atoms with Crippen molar-refractivity contribution in [3.05, 3.63) is 0 Å². The Morgan fingerprint density at radius 1 is 0.821 bits per heavy atom. The average molecular weight is 423 g/mol. The Balaban J connectivity index is 1.89. The highest BCUT2D eigenvalue weighted by Crippen LogP contribution is 2.43. The van der Waals surface area contributed by atoms with Crippen LogP contribution in [-0.4, -0.2) is 62.5 Å². The number of quaternary nitrogens is 1. The molecule has 1 N–H and O–H groups in total. The van der Waals surface area contributed by atoms with E-state index in [4.69, 9.17) is 13.8 Å². The van der Waals surface area contributed by atoms with Gasteiger partial charge in [-0.25, -0.2) is 4.57 Å². The van der Waals surface area contributed by atoms with Gasteiger partial charge in [-0.05, 0) is 6.42 Å². The van der Waals surface area contributed by atoms with Crippen molar-refractivity contribution in [1.82, 2.24) is 0 Å². The maximum Gasteiger partial charge on any atom is 0.472 e. The van der Waals surface area contributed by atoms with Crippen LogP contribution in [0.1, 0.15) is 84.0 Å². The van der Waals surface area contributed by atoms with Gasteiger partial charge < -0.3 is 14.1 Å². The first-order valence-electron chi connectivity index (χ1n) is 11.5. The van der Waals surface area contributed by atoms with Crippen LogP contribution < -0.4 is 0 Å². The fraction of sp³-hybridized carbons (Fsp3) is 1.00. The van der Waals surface area contributed by atoms with Crippen LogP contribution in [0.3, 0.4) is 0 Å². The quantitative estimate of drug-likeness (QED) is 0.184. The number of hydrogen-bond acceptors (Lipinski definition) is 4. The molecule has 1 saturated heterocycles. The van der Waals surface area contributed by atoms with E-state index in [1.807, 2.05) is 0 Å². The van der Waals surface area contributed by atoms with Gasteiger partial charge in [0.2, 0.25) is 0 Å². The molecule has 0 spiro atoms. The van der Waals surface area contributed by atoms with Crippen LogP contribution in [0.4, 0.5) is 0 Å². The topological polar surface area (TPSA) is 65.0 Å². The number of unbranched alkanes of at least 4 members (excludes halogenated alkanes) is 11. The van der Waals surface area contributed by atoms with Gasteiger partial charge in [0.1, 0.15) is 26.2 Å². The average Bonchev–Trinajstić information content (AvgIpc) is 2.65. The van der Waals surface area contributed by atoms with Crippen LogP contribution >= 0.6 is 7.82 Å². The molecule has 0 aromatic rings. The van der Waals surface area contributed by atoms with Crippen LogP contribution in [0, 0.1) is 0 Å². The molecule has 1 rings (SSSR count). The molecule has 1 aliphatic rings. The summed E-state index contributed by atoms with van der Waals surface area (Å²) in [5.74, 6) is 0. The summed E-state index contributed by atoms with van der Waals surface area (Å²) in [5.41, 5.74) is 0. The molecule has 7 heteroatoms. The molecule has 1 unspecified atom stereocenters. The van der Waals surface area contributed by atoms with Gasteiger partial charge in [0.25, 0.3) is 0 Å². The summed E-state index contributed by atoms with van der Waals surface area (Å²) >= 11 is 0. The lowest BCUT2D eigenvalue weighted by atomic mass is 10.1. The predicted molar refractivity (Wildman–Crippen MR) is 114 cm³/mol. The minimum absolute atomic E-state index is 0.239. The molecular formula is C21H45NO5P+. The number of ether oxygens (including phenoxy) is 1. The second-order valence-electron chi connectivity index (χ2n) is 8.43. The maximum absolute atomic E-state index is 11.9. The van der Waals surface area contributed by atoms with E-state index in [0.29, 0.717) is 13.2 Å². The Morgan fingerprint density at radius 3 is 1.82 bits per heavy atom. The third-order valence-corrected chi connectivity index (χ3v) is 6.71. The van der Waals surface area contributed by atoms with Crippen molar-refractivity contribution in [2.24, 2.45) is 0 Å². The Bertz CT molecular complexity index is 416. The lowest BCUT2D eigenvalue weighted by Crippen LogP contribution is -2.53. The predicted octanol–water partition coefficient (Wildman–Crippen LogP) is 5.30. The molecule has 28 heavy (non-hydrogen) atoms. The van der Waals surface area contributed by atoms with Crippen LogP contribution in [0.25, 0.3) is 0 Å². The molecule has 0 amide bonds. The fourth-order valence-corrected chi connectivity index (χ4v) is 4.29. The summed E-state index contributed by atoms with van der Waals surface area (Å²) in [5, 5.41) is 0. The number of likely N-dealkylation sites (N-methyl/N-ethyl adjacent to an activating group) is 1. The van der Waals surface area contributed by atoms with E-state index < -0.39 is 7.82 Å². The summed E-state index contributed by atoms with van der Waals surface area (Å²) < 4.78 is 28.4. The van der Waals surface area contributed by atoms with Crippen LogP contribution in [0.2, 0.25) is 0 Å². The molecule has 168 valence electrons. The van der Waals surface area contributed by atoms with Crippen molar-refractivity contribution in [3.63, 3.8) is 0 Å². The normalized spacial score (nSPS) is 18.8. The number of nitrogens with zero attached hydrogens (tertiary/aromatic N) is 1. The zero-order valence-electron chi connectivity index (χ0n) is 18.4. The molecule has 1 atom stereocenters. The Hall–Kier alpha value is 0.0300. The second kappa shape index (κ2) is 15.8. The minimum Gasteiger partial charge on any atom is -0.370 e. The number of phosphoric acid groups is 1. The number of morpholine rings is 1. The summed E-state index contributed by atoms with van der Waals surface area (Å²) in [7, 11) is -1.79. The molecule has 0 aromatic heterocycles. The molecule has 0 bridgehead atoms. The highest BCUT2D eigenvalue weighted by Gasteiger charge is 2.27. The molecule has 1 heterocycles. The summed E-state index contributed by atoms with van der Waals surface area (Å²) in [6, 6.07) is 0. The Morgan fingerprint density at radius 2 is 1.29 bits per heavy atom. The van der Waals surface area contributed by atoms with Crippen molar-refractivity contribution >= 4 is 7.82 Å². The lowest BCUT2D eigenvalue weighted by molar-refractivity contribution is -0.916. The standard InChI is InChI=1S/C21H44NO5P/c1-3-4-5-6-7-8-9-10-11-12-13-14-18-26-28(23,24)27-21-17-22(2)15-19-25-20-16-22/h3-21H2,1-2H3/p+1. The molecule has 0 radical (unpaired) electrons.